The number of hydrogen-bond donors (Lipinski definition) is 1. The molecule has 0 aliphatic rings. The van der Waals surface area contributed by atoms with Crippen LogP contribution in [0.3, 0.4) is 0 Å². The second kappa shape index (κ2) is 9.42. The van der Waals surface area contributed by atoms with E-state index in [9.17, 15) is 4.79 Å². The van der Waals surface area contributed by atoms with Crippen molar-refractivity contribution in [2.24, 2.45) is 5.41 Å². The number of rotatable bonds is 9. The first kappa shape index (κ1) is 16.4. The van der Waals surface area contributed by atoms with Crippen LogP contribution < -0.4 is 0 Å². The molecule has 0 radical (unpaired) electrons. The lowest BCUT2D eigenvalue weighted by atomic mass is 9.91. The van der Waals surface area contributed by atoms with E-state index in [0.29, 0.717) is 13.0 Å². The van der Waals surface area contributed by atoms with Crippen LogP contribution >= 0.6 is 0 Å². The lowest BCUT2D eigenvalue weighted by molar-refractivity contribution is -0.273. The molecule has 17 heavy (non-hydrogen) atoms. The maximum atomic E-state index is 11.2. The Morgan fingerprint density at radius 3 is 2.35 bits per heavy atom. The van der Waals surface area contributed by atoms with Gasteiger partial charge in [-0.2, -0.15) is 4.89 Å². The van der Waals surface area contributed by atoms with Gasteiger partial charge in [0.2, 0.25) is 0 Å². The molecule has 0 saturated carbocycles. The third-order valence-corrected chi connectivity index (χ3v) is 2.37. The summed E-state index contributed by atoms with van der Waals surface area (Å²) in [4.78, 5) is 20.7. The zero-order chi connectivity index (χ0) is 13.1. The van der Waals surface area contributed by atoms with E-state index in [0.717, 1.165) is 32.1 Å². The normalized spacial score (nSPS) is 11.5. The highest BCUT2D eigenvalue weighted by molar-refractivity contribution is 5.68. The standard InChI is InChI=1S/C13H26O4/c1-13(2,3)9-8-12(15)17-16-11-7-5-4-6-10-14/h14H,4-11H2,1-3H3. The predicted molar refractivity (Wildman–Crippen MR) is 66.3 cm³/mol. The van der Waals surface area contributed by atoms with E-state index < -0.39 is 0 Å². The second-order valence-electron chi connectivity index (χ2n) is 5.48. The van der Waals surface area contributed by atoms with Crippen LogP contribution in [0.2, 0.25) is 0 Å². The summed E-state index contributed by atoms with van der Waals surface area (Å²) in [7, 11) is 0. The molecule has 0 fully saturated rings. The van der Waals surface area contributed by atoms with Gasteiger partial charge in [-0.15, -0.1) is 0 Å². The van der Waals surface area contributed by atoms with Crippen LogP contribution in [-0.2, 0) is 14.6 Å². The average molecular weight is 246 g/mol. The molecule has 0 saturated heterocycles. The molecule has 0 aliphatic carbocycles. The van der Waals surface area contributed by atoms with Crippen LogP contribution in [0.25, 0.3) is 0 Å². The van der Waals surface area contributed by atoms with Crippen LogP contribution in [0, 0.1) is 5.41 Å². The van der Waals surface area contributed by atoms with Gasteiger partial charge in [-0.3, -0.25) is 4.89 Å². The molecule has 0 unspecified atom stereocenters. The molecule has 0 rings (SSSR count). The van der Waals surface area contributed by atoms with E-state index in [4.69, 9.17) is 9.99 Å². The van der Waals surface area contributed by atoms with Gasteiger partial charge >= 0.3 is 5.97 Å². The quantitative estimate of drug-likeness (QED) is 0.386. The fourth-order valence-electron chi connectivity index (χ4n) is 1.25. The minimum absolute atomic E-state index is 0.142. The highest BCUT2D eigenvalue weighted by atomic mass is 17.2. The third-order valence-electron chi connectivity index (χ3n) is 2.37. The van der Waals surface area contributed by atoms with Gasteiger partial charge in [0.05, 0.1) is 6.61 Å². The number of carbonyl (C=O) groups is 1. The summed E-state index contributed by atoms with van der Waals surface area (Å²) in [6.07, 6.45) is 4.84. The average Bonchev–Trinajstić information content (AvgIpc) is 2.24. The Hall–Kier alpha value is -0.610. The van der Waals surface area contributed by atoms with Crippen LogP contribution in [0.4, 0.5) is 0 Å². The number of unbranched alkanes of at least 4 members (excludes halogenated alkanes) is 3. The van der Waals surface area contributed by atoms with E-state index in [1.807, 2.05) is 0 Å². The molecule has 102 valence electrons. The van der Waals surface area contributed by atoms with Crippen molar-refractivity contribution in [3.05, 3.63) is 0 Å². The van der Waals surface area contributed by atoms with Crippen molar-refractivity contribution in [1.82, 2.24) is 0 Å². The van der Waals surface area contributed by atoms with Crippen molar-refractivity contribution in [1.29, 1.82) is 0 Å². The molecule has 0 aromatic heterocycles. The molecule has 0 aromatic carbocycles. The summed E-state index contributed by atoms with van der Waals surface area (Å²) < 4.78 is 0. The van der Waals surface area contributed by atoms with Crippen LogP contribution in [-0.4, -0.2) is 24.3 Å². The lowest BCUT2D eigenvalue weighted by Gasteiger charge is -2.16. The van der Waals surface area contributed by atoms with Gasteiger partial charge in [-0.1, -0.05) is 33.6 Å². The van der Waals surface area contributed by atoms with Gasteiger partial charge in [0.15, 0.2) is 0 Å². The molecule has 0 atom stereocenters. The van der Waals surface area contributed by atoms with Gasteiger partial charge in [-0.05, 0) is 24.7 Å². The Balaban J connectivity index is 3.28. The molecular formula is C13H26O4. The van der Waals surface area contributed by atoms with E-state index in [1.165, 1.54) is 0 Å². The Bertz CT molecular complexity index is 196. The zero-order valence-corrected chi connectivity index (χ0v) is 11.3. The van der Waals surface area contributed by atoms with Crippen molar-refractivity contribution in [3.63, 3.8) is 0 Å². The van der Waals surface area contributed by atoms with Gasteiger partial charge in [-0.25, -0.2) is 4.79 Å². The van der Waals surface area contributed by atoms with Crippen LogP contribution in [0.1, 0.15) is 59.3 Å². The molecule has 0 heterocycles. The first-order valence-corrected chi connectivity index (χ1v) is 6.39. The first-order chi connectivity index (χ1) is 7.95. The van der Waals surface area contributed by atoms with Crippen molar-refractivity contribution in [3.8, 4) is 0 Å². The van der Waals surface area contributed by atoms with Crippen molar-refractivity contribution in [2.75, 3.05) is 13.2 Å². The summed E-state index contributed by atoms with van der Waals surface area (Å²) in [6, 6.07) is 0. The summed E-state index contributed by atoms with van der Waals surface area (Å²) in [5, 5.41) is 8.57. The molecule has 0 bridgehead atoms. The summed E-state index contributed by atoms with van der Waals surface area (Å²) >= 11 is 0. The molecule has 0 aromatic rings. The fraction of sp³-hybridized carbons (Fsp3) is 0.923. The van der Waals surface area contributed by atoms with E-state index >= 15 is 0 Å². The first-order valence-electron chi connectivity index (χ1n) is 6.39. The van der Waals surface area contributed by atoms with E-state index in [1.54, 1.807) is 0 Å². The number of aliphatic hydroxyl groups is 1. The third kappa shape index (κ3) is 13.3. The van der Waals surface area contributed by atoms with Crippen LogP contribution in [0.15, 0.2) is 0 Å². The largest absolute Gasteiger partial charge is 0.396 e. The maximum absolute atomic E-state index is 11.2. The van der Waals surface area contributed by atoms with Gasteiger partial charge in [0.25, 0.3) is 0 Å². The van der Waals surface area contributed by atoms with Crippen molar-refractivity contribution < 1.29 is 19.7 Å². The highest BCUT2D eigenvalue weighted by Crippen LogP contribution is 2.20. The summed E-state index contributed by atoms with van der Waals surface area (Å²) in [6.45, 7) is 6.93. The molecular weight excluding hydrogens is 220 g/mol. The smallest absolute Gasteiger partial charge is 0.342 e. The molecule has 4 nitrogen and oxygen atoms in total. The van der Waals surface area contributed by atoms with E-state index in [2.05, 4.69) is 25.7 Å². The van der Waals surface area contributed by atoms with Gasteiger partial charge in [0, 0.05) is 13.0 Å². The van der Waals surface area contributed by atoms with Crippen molar-refractivity contribution in [2.45, 2.75) is 59.3 Å². The Labute approximate surface area is 104 Å². The number of carbonyl (C=O) groups excluding carboxylic acids is 1. The molecule has 0 amide bonds. The summed E-state index contributed by atoms with van der Waals surface area (Å²) in [5.74, 6) is -0.296. The van der Waals surface area contributed by atoms with Gasteiger partial charge < -0.3 is 5.11 Å². The molecule has 0 spiro atoms. The van der Waals surface area contributed by atoms with Crippen molar-refractivity contribution >= 4 is 5.97 Å². The summed E-state index contributed by atoms with van der Waals surface area (Å²) in [5.41, 5.74) is 0.142. The minimum atomic E-state index is -0.296. The molecule has 1 N–H and O–H groups in total. The number of aliphatic hydroxyl groups excluding tert-OH is 1. The molecule has 4 heteroatoms. The Morgan fingerprint density at radius 1 is 1.12 bits per heavy atom. The SMILES string of the molecule is CC(C)(C)CCC(=O)OOCCCCCCO. The fourth-order valence-corrected chi connectivity index (χ4v) is 1.25. The Kier molecular flexibility index (Phi) is 9.09. The highest BCUT2D eigenvalue weighted by Gasteiger charge is 2.14. The second-order valence-corrected chi connectivity index (χ2v) is 5.48. The van der Waals surface area contributed by atoms with E-state index in [-0.39, 0.29) is 18.0 Å². The predicted octanol–water partition coefficient (Wildman–Crippen LogP) is 2.84. The topological polar surface area (TPSA) is 55.8 Å². The number of hydrogen-bond acceptors (Lipinski definition) is 4. The Morgan fingerprint density at radius 2 is 1.76 bits per heavy atom. The minimum Gasteiger partial charge on any atom is -0.396 e. The maximum Gasteiger partial charge on any atom is 0.342 e. The zero-order valence-electron chi connectivity index (χ0n) is 11.3. The lowest BCUT2D eigenvalue weighted by Crippen LogP contribution is -2.12. The van der Waals surface area contributed by atoms with Crippen LogP contribution in [0.5, 0.6) is 0 Å². The molecule has 0 aliphatic heterocycles. The monoisotopic (exact) mass is 246 g/mol. The van der Waals surface area contributed by atoms with Gasteiger partial charge in [0.1, 0.15) is 0 Å².